The quantitative estimate of drug-likeness (QED) is 0.896. The molecule has 0 amide bonds. The van der Waals surface area contributed by atoms with Crippen LogP contribution in [0.1, 0.15) is 51.2 Å². The lowest BCUT2D eigenvalue weighted by molar-refractivity contribution is 0.174. The lowest BCUT2D eigenvalue weighted by Crippen LogP contribution is -2.54. The first kappa shape index (κ1) is 16.7. The molecule has 0 spiro atoms. The van der Waals surface area contributed by atoms with Crippen molar-refractivity contribution in [1.29, 1.82) is 0 Å². The van der Waals surface area contributed by atoms with Crippen molar-refractivity contribution >= 4 is 10.8 Å². The van der Waals surface area contributed by atoms with Gasteiger partial charge in [0.1, 0.15) is 0 Å². The molecule has 1 aromatic rings. The van der Waals surface area contributed by atoms with Crippen LogP contribution in [0, 0.1) is 12.3 Å². The molecule has 0 heterocycles. The molecule has 1 N–H and O–H groups in total. The first-order valence-electron chi connectivity index (χ1n) is 8.10. The highest BCUT2D eigenvalue weighted by Crippen LogP contribution is 2.38. The minimum absolute atomic E-state index is 0.237. The van der Waals surface area contributed by atoms with Gasteiger partial charge in [0.05, 0.1) is 5.25 Å². The Labute approximate surface area is 132 Å². The lowest BCUT2D eigenvalue weighted by Gasteiger charge is -2.44. The van der Waals surface area contributed by atoms with Crippen LogP contribution in [0.3, 0.4) is 0 Å². The van der Waals surface area contributed by atoms with E-state index in [1.54, 1.807) is 0 Å². The molecule has 0 aliphatic heterocycles. The van der Waals surface area contributed by atoms with Crippen LogP contribution < -0.4 is 5.32 Å². The average Bonchev–Trinajstić information content (AvgIpc) is 2.41. The molecule has 3 atom stereocenters. The average molecular weight is 308 g/mol. The second kappa shape index (κ2) is 7.06. The highest BCUT2D eigenvalue weighted by molar-refractivity contribution is 7.84. The van der Waals surface area contributed by atoms with Crippen LogP contribution in [0.5, 0.6) is 0 Å². The smallest absolute Gasteiger partial charge is 0.0509 e. The molecule has 0 aromatic heterocycles. The summed E-state index contributed by atoms with van der Waals surface area (Å²) in [5.74, 6) is 0.685. The summed E-state index contributed by atoms with van der Waals surface area (Å²) < 4.78 is 12.9. The first-order valence-corrected chi connectivity index (χ1v) is 9.48. The van der Waals surface area contributed by atoms with Crippen molar-refractivity contribution in [2.75, 3.05) is 6.54 Å². The predicted octanol–water partition coefficient (Wildman–Crippen LogP) is 3.80. The van der Waals surface area contributed by atoms with E-state index in [-0.39, 0.29) is 10.7 Å². The zero-order valence-electron chi connectivity index (χ0n) is 13.8. The second-order valence-electron chi connectivity index (χ2n) is 6.97. The summed E-state index contributed by atoms with van der Waals surface area (Å²) in [5, 5.41) is 3.88. The summed E-state index contributed by atoms with van der Waals surface area (Å²) in [6, 6.07) is 8.78. The van der Waals surface area contributed by atoms with Gasteiger partial charge in [-0.15, -0.1) is 0 Å². The van der Waals surface area contributed by atoms with Crippen LogP contribution in [0.2, 0.25) is 0 Å². The van der Waals surface area contributed by atoms with Gasteiger partial charge in [-0.2, -0.15) is 0 Å². The van der Waals surface area contributed by atoms with Gasteiger partial charge in [-0.1, -0.05) is 57.0 Å². The van der Waals surface area contributed by atoms with E-state index in [9.17, 15) is 4.21 Å². The van der Waals surface area contributed by atoms with Crippen LogP contribution >= 0.6 is 0 Å². The van der Waals surface area contributed by atoms with Crippen molar-refractivity contribution in [1.82, 2.24) is 5.32 Å². The Balaban J connectivity index is 2.12. The number of benzene rings is 1. The van der Waals surface area contributed by atoms with E-state index < -0.39 is 10.8 Å². The summed E-state index contributed by atoms with van der Waals surface area (Å²) >= 11 is 0. The summed E-state index contributed by atoms with van der Waals surface area (Å²) in [4.78, 5) is 0. The number of rotatable bonds is 5. The third-order valence-corrected chi connectivity index (χ3v) is 6.48. The Morgan fingerprint density at radius 1 is 1.38 bits per heavy atom. The summed E-state index contributed by atoms with van der Waals surface area (Å²) in [6.07, 6.45) is 3.50. The molecule has 1 fully saturated rings. The molecule has 21 heavy (non-hydrogen) atoms. The fraction of sp³-hybridized carbons (Fsp3) is 0.667. The molecular weight excluding hydrogens is 278 g/mol. The maximum Gasteiger partial charge on any atom is 0.0509 e. The molecular formula is C18H29NOS. The molecule has 118 valence electrons. The topological polar surface area (TPSA) is 29.1 Å². The van der Waals surface area contributed by atoms with Gasteiger partial charge in [0.25, 0.3) is 0 Å². The molecule has 3 unspecified atom stereocenters. The molecule has 3 heteroatoms. The van der Waals surface area contributed by atoms with Gasteiger partial charge >= 0.3 is 0 Å². The number of nitrogens with one attached hydrogen (secondary N) is 1. The SMILES string of the molecule is CCNC1C(S(=O)Cc2cccc(C)c2)CCCC1(C)C. The van der Waals surface area contributed by atoms with Crippen LogP contribution in [0.15, 0.2) is 24.3 Å². The minimum Gasteiger partial charge on any atom is -0.313 e. The monoisotopic (exact) mass is 307 g/mol. The van der Waals surface area contributed by atoms with E-state index in [2.05, 4.69) is 57.3 Å². The molecule has 1 aromatic carbocycles. The van der Waals surface area contributed by atoms with Gasteiger partial charge in [-0.3, -0.25) is 4.21 Å². The summed E-state index contributed by atoms with van der Waals surface area (Å²) in [5.41, 5.74) is 2.69. The van der Waals surface area contributed by atoms with Crippen molar-refractivity contribution in [2.45, 2.75) is 64.0 Å². The van der Waals surface area contributed by atoms with E-state index >= 15 is 0 Å². The first-order chi connectivity index (χ1) is 9.94. The van der Waals surface area contributed by atoms with Crippen molar-refractivity contribution in [3.05, 3.63) is 35.4 Å². The van der Waals surface area contributed by atoms with Gasteiger partial charge in [0.2, 0.25) is 0 Å². The maximum atomic E-state index is 12.9. The van der Waals surface area contributed by atoms with Crippen molar-refractivity contribution in [3.63, 3.8) is 0 Å². The van der Waals surface area contributed by atoms with Crippen molar-refractivity contribution in [3.8, 4) is 0 Å². The van der Waals surface area contributed by atoms with E-state index in [0.717, 1.165) is 13.0 Å². The molecule has 0 radical (unpaired) electrons. The summed E-state index contributed by atoms with van der Waals surface area (Å²) in [6.45, 7) is 9.82. The second-order valence-corrected chi connectivity index (χ2v) is 8.62. The molecule has 1 aliphatic rings. The molecule has 2 nitrogen and oxygen atoms in total. The van der Waals surface area contributed by atoms with Crippen LogP contribution in [-0.2, 0) is 16.6 Å². The largest absolute Gasteiger partial charge is 0.313 e. The predicted molar refractivity (Wildman–Crippen MR) is 91.9 cm³/mol. The van der Waals surface area contributed by atoms with Crippen LogP contribution in [0.4, 0.5) is 0 Å². The van der Waals surface area contributed by atoms with Crippen molar-refractivity contribution < 1.29 is 4.21 Å². The number of hydrogen-bond acceptors (Lipinski definition) is 2. The Morgan fingerprint density at radius 2 is 2.14 bits per heavy atom. The lowest BCUT2D eigenvalue weighted by atomic mass is 9.73. The van der Waals surface area contributed by atoms with E-state index in [1.807, 2.05) is 0 Å². The molecule has 0 bridgehead atoms. The van der Waals surface area contributed by atoms with Gasteiger partial charge in [0.15, 0.2) is 0 Å². The molecule has 2 rings (SSSR count). The minimum atomic E-state index is -0.806. The molecule has 0 saturated heterocycles. The zero-order valence-corrected chi connectivity index (χ0v) is 14.6. The van der Waals surface area contributed by atoms with E-state index in [0.29, 0.717) is 11.8 Å². The Hall–Kier alpha value is -0.670. The third-order valence-electron chi connectivity index (χ3n) is 4.68. The van der Waals surface area contributed by atoms with Gasteiger partial charge in [-0.25, -0.2) is 0 Å². The Kier molecular flexibility index (Phi) is 5.61. The Morgan fingerprint density at radius 3 is 2.81 bits per heavy atom. The standard InChI is InChI=1S/C18H29NOS/c1-5-19-17-16(10-7-11-18(17,3)4)21(20)13-15-9-6-8-14(2)12-15/h6,8-9,12,16-17,19H,5,7,10-11,13H2,1-4H3. The van der Waals surface area contributed by atoms with E-state index in [4.69, 9.17) is 0 Å². The zero-order chi connectivity index (χ0) is 15.5. The van der Waals surface area contributed by atoms with Gasteiger partial charge in [-0.05, 0) is 37.3 Å². The molecule has 1 saturated carbocycles. The third kappa shape index (κ3) is 4.17. The van der Waals surface area contributed by atoms with E-state index in [1.165, 1.54) is 24.0 Å². The number of aryl methyl sites for hydroxylation is 1. The highest BCUT2D eigenvalue weighted by Gasteiger charge is 2.40. The fourth-order valence-electron chi connectivity index (χ4n) is 3.57. The highest BCUT2D eigenvalue weighted by atomic mass is 32.2. The molecule has 1 aliphatic carbocycles. The summed E-state index contributed by atoms with van der Waals surface area (Å²) in [7, 11) is -0.806. The maximum absolute atomic E-state index is 12.9. The fourth-order valence-corrected chi connectivity index (χ4v) is 5.49. The normalized spacial score (nSPS) is 26.5. The van der Waals surface area contributed by atoms with Gasteiger partial charge < -0.3 is 5.32 Å². The van der Waals surface area contributed by atoms with Gasteiger partial charge in [0, 0.05) is 22.6 Å². The van der Waals surface area contributed by atoms with Crippen molar-refractivity contribution in [2.24, 2.45) is 5.41 Å². The number of hydrogen-bond donors (Lipinski definition) is 1. The van der Waals surface area contributed by atoms with Crippen LogP contribution in [0.25, 0.3) is 0 Å². The van der Waals surface area contributed by atoms with Crippen LogP contribution in [-0.4, -0.2) is 22.0 Å². The Bertz CT molecular complexity index is 498.